The van der Waals surface area contributed by atoms with Gasteiger partial charge in [0.2, 0.25) is 5.78 Å². The van der Waals surface area contributed by atoms with Crippen LogP contribution in [0, 0.1) is 5.41 Å². The molecule has 2 rings (SSSR count). The molecule has 1 saturated heterocycles. The lowest BCUT2D eigenvalue weighted by Crippen LogP contribution is -2.52. The van der Waals surface area contributed by atoms with Gasteiger partial charge in [0, 0.05) is 12.0 Å². The SMILES string of the molecule is COc1ccc(CCCCOC(=O)C2CCCCN2C(=O)C(=O)C(C)(C)C)cc1. The number of amides is 1. The molecule has 1 aliphatic rings. The summed E-state index contributed by atoms with van der Waals surface area (Å²) in [7, 11) is 1.64. The first kappa shape index (κ1) is 22.9. The number of rotatable bonds is 8. The molecule has 0 spiro atoms. The number of Topliss-reactive ketones (excluding diaryl/α,β-unsaturated/α-hetero) is 1. The van der Waals surface area contributed by atoms with E-state index in [1.165, 1.54) is 10.5 Å². The van der Waals surface area contributed by atoms with Crippen LogP contribution in [-0.4, -0.2) is 48.9 Å². The highest BCUT2D eigenvalue weighted by Crippen LogP contribution is 2.23. The summed E-state index contributed by atoms with van der Waals surface area (Å²) in [5.74, 6) is -0.598. The van der Waals surface area contributed by atoms with Gasteiger partial charge in [-0.05, 0) is 56.2 Å². The molecule has 0 aliphatic carbocycles. The number of benzene rings is 1. The van der Waals surface area contributed by atoms with Crippen molar-refractivity contribution >= 4 is 17.7 Å². The first-order chi connectivity index (χ1) is 13.7. The highest BCUT2D eigenvalue weighted by molar-refractivity contribution is 6.38. The number of carbonyl (C=O) groups excluding carboxylic acids is 3. The van der Waals surface area contributed by atoms with E-state index in [1.807, 2.05) is 24.3 Å². The van der Waals surface area contributed by atoms with Crippen LogP contribution in [-0.2, 0) is 25.5 Å². The van der Waals surface area contributed by atoms with Crippen molar-refractivity contribution in [1.29, 1.82) is 0 Å². The molecule has 29 heavy (non-hydrogen) atoms. The van der Waals surface area contributed by atoms with Crippen molar-refractivity contribution in [3.05, 3.63) is 29.8 Å². The summed E-state index contributed by atoms with van der Waals surface area (Å²) < 4.78 is 10.6. The summed E-state index contributed by atoms with van der Waals surface area (Å²) in [5, 5.41) is 0. The maximum atomic E-state index is 12.6. The van der Waals surface area contributed by atoms with Gasteiger partial charge in [-0.1, -0.05) is 32.9 Å². The minimum atomic E-state index is -0.759. The third-order valence-electron chi connectivity index (χ3n) is 5.17. The lowest BCUT2D eigenvalue weighted by atomic mass is 9.89. The minimum absolute atomic E-state index is 0.320. The molecule has 0 radical (unpaired) electrons. The molecule has 1 aromatic carbocycles. The van der Waals surface area contributed by atoms with Gasteiger partial charge in [0.05, 0.1) is 13.7 Å². The van der Waals surface area contributed by atoms with E-state index in [0.717, 1.165) is 37.9 Å². The second kappa shape index (κ2) is 10.4. The van der Waals surface area contributed by atoms with Crippen molar-refractivity contribution in [2.24, 2.45) is 5.41 Å². The molecular formula is C23H33NO5. The van der Waals surface area contributed by atoms with Crippen LogP contribution in [0.3, 0.4) is 0 Å². The van der Waals surface area contributed by atoms with Gasteiger partial charge in [-0.15, -0.1) is 0 Å². The Bertz CT molecular complexity index is 705. The fourth-order valence-corrected chi connectivity index (χ4v) is 3.36. The fraction of sp³-hybridized carbons (Fsp3) is 0.609. The Hall–Kier alpha value is -2.37. The summed E-state index contributed by atoms with van der Waals surface area (Å²) in [6.07, 6.45) is 4.75. The molecule has 0 aromatic heterocycles. The van der Waals surface area contributed by atoms with E-state index in [-0.39, 0.29) is 0 Å². The molecule has 1 fully saturated rings. The molecule has 0 bridgehead atoms. The molecule has 6 nitrogen and oxygen atoms in total. The summed E-state index contributed by atoms with van der Waals surface area (Å²) >= 11 is 0. The first-order valence-corrected chi connectivity index (χ1v) is 10.4. The van der Waals surface area contributed by atoms with E-state index in [1.54, 1.807) is 27.9 Å². The molecule has 1 aromatic rings. The Balaban J connectivity index is 1.80. The fourth-order valence-electron chi connectivity index (χ4n) is 3.36. The number of piperidine rings is 1. The first-order valence-electron chi connectivity index (χ1n) is 10.4. The van der Waals surface area contributed by atoms with E-state index in [9.17, 15) is 14.4 Å². The molecule has 1 atom stereocenters. The highest BCUT2D eigenvalue weighted by atomic mass is 16.5. The van der Waals surface area contributed by atoms with Gasteiger partial charge >= 0.3 is 5.97 Å². The summed E-state index contributed by atoms with van der Waals surface area (Å²) in [6, 6.07) is 7.28. The number of hydrogen-bond acceptors (Lipinski definition) is 5. The third kappa shape index (κ3) is 6.58. The Morgan fingerprint density at radius 2 is 1.76 bits per heavy atom. The molecule has 1 amide bonds. The maximum Gasteiger partial charge on any atom is 0.328 e. The van der Waals surface area contributed by atoms with E-state index in [4.69, 9.17) is 9.47 Å². The van der Waals surface area contributed by atoms with Crippen LogP contribution < -0.4 is 4.74 Å². The van der Waals surface area contributed by atoms with Gasteiger partial charge in [0.15, 0.2) is 0 Å². The van der Waals surface area contributed by atoms with Gasteiger partial charge in [-0.25, -0.2) is 4.79 Å². The highest BCUT2D eigenvalue weighted by Gasteiger charge is 2.39. The number of likely N-dealkylation sites (tertiary alicyclic amines) is 1. The number of methoxy groups -OCH3 is 1. The van der Waals surface area contributed by atoms with Crippen molar-refractivity contribution in [1.82, 2.24) is 4.90 Å². The standard InChI is InChI=1S/C23H33NO5/c1-23(2,3)20(25)21(26)24-15-7-5-10-19(24)22(27)29-16-8-6-9-17-11-13-18(28-4)14-12-17/h11-14,19H,5-10,15-16H2,1-4H3. The lowest BCUT2D eigenvalue weighted by molar-refractivity contribution is -0.160. The average molecular weight is 404 g/mol. The molecule has 6 heteroatoms. The Morgan fingerprint density at radius 3 is 2.38 bits per heavy atom. The predicted octanol–water partition coefficient (Wildman–Crippen LogP) is 3.56. The van der Waals surface area contributed by atoms with Crippen molar-refractivity contribution in [2.45, 2.75) is 65.3 Å². The number of hydrogen-bond donors (Lipinski definition) is 0. The Kier molecular flexibility index (Phi) is 8.23. The summed E-state index contributed by atoms with van der Waals surface area (Å²) in [4.78, 5) is 38.9. The Labute approximate surface area is 173 Å². The van der Waals surface area contributed by atoms with Gasteiger partial charge < -0.3 is 14.4 Å². The Morgan fingerprint density at radius 1 is 1.07 bits per heavy atom. The zero-order valence-corrected chi connectivity index (χ0v) is 18.0. The molecular weight excluding hydrogens is 370 g/mol. The second-order valence-electron chi connectivity index (χ2n) is 8.56. The molecule has 0 saturated carbocycles. The van der Waals surface area contributed by atoms with Crippen LogP contribution in [0.15, 0.2) is 24.3 Å². The monoisotopic (exact) mass is 403 g/mol. The van der Waals surface area contributed by atoms with Crippen molar-refractivity contribution < 1.29 is 23.9 Å². The number of aryl methyl sites for hydroxylation is 1. The van der Waals surface area contributed by atoms with Crippen LogP contribution in [0.5, 0.6) is 5.75 Å². The quantitative estimate of drug-likeness (QED) is 0.377. The smallest absolute Gasteiger partial charge is 0.328 e. The zero-order valence-electron chi connectivity index (χ0n) is 18.0. The van der Waals surface area contributed by atoms with Crippen LogP contribution in [0.2, 0.25) is 0 Å². The number of esters is 1. The van der Waals surface area contributed by atoms with E-state index in [0.29, 0.717) is 19.6 Å². The van der Waals surface area contributed by atoms with Crippen LogP contribution in [0.1, 0.15) is 58.4 Å². The number of unbranched alkanes of at least 4 members (excludes halogenated alkanes) is 1. The van der Waals surface area contributed by atoms with Gasteiger partial charge in [0.1, 0.15) is 11.8 Å². The van der Waals surface area contributed by atoms with E-state index < -0.39 is 29.1 Å². The van der Waals surface area contributed by atoms with Crippen LogP contribution >= 0.6 is 0 Å². The van der Waals surface area contributed by atoms with Crippen molar-refractivity contribution in [3.63, 3.8) is 0 Å². The average Bonchev–Trinajstić information content (AvgIpc) is 2.72. The molecule has 1 aliphatic heterocycles. The van der Waals surface area contributed by atoms with Crippen molar-refractivity contribution in [2.75, 3.05) is 20.3 Å². The topological polar surface area (TPSA) is 72.9 Å². The van der Waals surface area contributed by atoms with Crippen LogP contribution in [0.4, 0.5) is 0 Å². The zero-order chi connectivity index (χ0) is 21.4. The molecule has 1 unspecified atom stereocenters. The number of ketones is 1. The van der Waals surface area contributed by atoms with Gasteiger partial charge in [-0.2, -0.15) is 0 Å². The van der Waals surface area contributed by atoms with Gasteiger partial charge in [0.25, 0.3) is 5.91 Å². The number of carbonyl (C=O) groups is 3. The third-order valence-corrected chi connectivity index (χ3v) is 5.17. The minimum Gasteiger partial charge on any atom is -0.497 e. The summed E-state index contributed by atoms with van der Waals surface area (Å²) in [5.41, 5.74) is 0.451. The maximum absolute atomic E-state index is 12.6. The second-order valence-corrected chi connectivity index (χ2v) is 8.56. The van der Waals surface area contributed by atoms with E-state index >= 15 is 0 Å². The predicted molar refractivity (Wildman–Crippen MR) is 111 cm³/mol. The summed E-state index contributed by atoms with van der Waals surface area (Å²) in [6.45, 7) is 5.90. The van der Waals surface area contributed by atoms with Crippen LogP contribution in [0.25, 0.3) is 0 Å². The normalized spacial score (nSPS) is 17.0. The largest absolute Gasteiger partial charge is 0.497 e. The van der Waals surface area contributed by atoms with E-state index in [2.05, 4.69) is 0 Å². The molecule has 1 heterocycles. The molecule has 160 valence electrons. The number of ether oxygens (including phenoxy) is 2. The van der Waals surface area contributed by atoms with Crippen molar-refractivity contribution in [3.8, 4) is 5.75 Å². The lowest BCUT2D eigenvalue weighted by Gasteiger charge is -2.34. The number of nitrogens with zero attached hydrogens (tertiary/aromatic N) is 1. The van der Waals surface area contributed by atoms with Gasteiger partial charge in [-0.3, -0.25) is 9.59 Å². The molecule has 0 N–H and O–H groups in total.